The van der Waals surface area contributed by atoms with Crippen LogP contribution in [0.1, 0.15) is 19.3 Å². The van der Waals surface area contributed by atoms with E-state index >= 15 is 0 Å². The summed E-state index contributed by atoms with van der Waals surface area (Å²) in [6.07, 6.45) is 1.52. The lowest BCUT2D eigenvalue weighted by atomic mass is 10.1. The van der Waals surface area contributed by atoms with Crippen molar-refractivity contribution in [2.75, 3.05) is 18.5 Å². The molecule has 0 spiro atoms. The van der Waals surface area contributed by atoms with Crippen molar-refractivity contribution in [3.8, 4) is 0 Å². The van der Waals surface area contributed by atoms with Crippen LogP contribution in [0.3, 0.4) is 0 Å². The quantitative estimate of drug-likeness (QED) is 0.450. The van der Waals surface area contributed by atoms with Gasteiger partial charge in [-0.3, -0.25) is 14.9 Å². The maximum absolute atomic E-state index is 12.0. The number of anilines is 1. The molecule has 9 nitrogen and oxygen atoms in total. The van der Waals surface area contributed by atoms with Crippen molar-refractivity contribution in [3.05, 3.63) is 34.4 Å². The minimum atomic E-state index is -1.33. The highest BCUT2D eigenvalue weighted by atomic mass is 16.6. The number of nitro groups is 1. The number of benzene rings is 1. The summed E-state index contributed by atoms with van der Waals surface area (Å²) in [7, 11) is 0. The normalized spacial score (nSPS) is 18.1. The maximum atomic E-state index is 12.0. The molecule has 0 bridgehead atoms. The Hall–Kier alpha value is -2.52. The Morgan fingerprint density at radius 3 is 2.88 bits per heavy atom. The van der Waals surface area contributed by atoms with Crippen LogP contribution in [0.5, 0.6) is 0 Å². The molecule has 0 radical (unpaired) electrons. The smallest absolute Gasteiger partial charge is 0.271 e. The Labute approximate surface area is 138 Å². The summed E-state index contributed by atoms with van der Waals surface area (Å²) in [5.41, 5.74) is 0.0830. The van der Waals surface area contributed by atoms with E-state index in [-0.39, 0.29) is 23.9 Å². The molecule has 1 aromatic rings. The van der Waals surface area contributed by atoms with E-state index in [0.717, 1.165) is 12.8 Å². The zero-order valence-electron chi connectivity index (χ0n) is 13.0. The number of nitrogens with zero attached hydrogens (tertiary/aromatic N) is 1. The van der Waals surface area contributed by atoms with Crippen molar-refractivity contribution in [1.29, 1.82) is 0 Å². The number of aliphatic carboxylic acids is 1. The summed E-state index contributed by atoms with van der Waals surface area (Å²) in [6.45, 7) is 1.12. The van der Waals surface area contributed by atoms with Gasteiger partial charge in [0.2, 0.25) is 5.91 Å². The van der Waals surface area contributed by atoms with Gasteiger partial charge in [0.25, 0.3) is 5.69 Å². The number of non-ortho nitro benzene ring substituents is 1. The van der Waals surface area contributed by atoms with E-state index in [4.69, 9.17) is 4.74 Å². The third-order valence-electron chi connectivity index (χ3n) is 3.76. The number of hydrogen-bond donors (Lipinski definition) is 2. The molecule has 2 atom stereocenters. The van der Waals surface area contributed by atoms with Gasteiger partial charge in [-0.2, -0.15) is 0 Å². The van der Waals surface area contributed by atoms with Gasteiger partial charge in [0, 0.05) is 24.4 Å². The summed E-state index contributed by atoms with van der Waals surface area (Å²) in [5.74, 6) is -1.88. The number of ether oxygens (including phenoxy) is 1. The van der Waals surface area contributed by atoms with Crippen LogP contribution in [-0.4, -0.2) is 42.1 Å². The predicted molar refractivity (Wildman–Crippen MR) is 80.9 cm³/mol. The van der Waals surface area contributed by atoms with Gasteiger partial charge in [0.15, 0.2) is 0 Å². The molecule has 3 N–H and O–H groups in total. The molecule has 1 saturated heterocycles. The van der Waals surface area contributed by atoms with Crippen LogP contribution in [0.2, 0.25) is 0 Å². The number of carbonyl (C=O) groups excluding carboxylic acids is 2. The van der Waals surface area contributed by atoms with Gasteiger partial charge in [-0.15, -0.1) is 0 Å². The lowest BCUT2D eigenvalue weighted by molar-refractivity contribution is -0.687. The fourth-order valence-corrected chi connectivity index (χ4v) is 2.52. The Kier molecular flexibility index (Phi) is 6.21. The topological polar surface area (TPSA) is 138 Å². The Bertz CT molecular complexity index is 615. The molecule has 0 saturated carbocycles. The second-order valence-electron chi connectivity index (χ2n) is 5.59. The van der Waals surface area contributed by atoms with Crippen molar-refractivity contribution in [1.82, 2.24) is 0 Å². The number of amides is 1. The Morgan fingerprint density at radius 1 is 1.46 bits per heavy atom. The Morgan fingerprint density at radius 2 is 2.25 bits per heavy atom. The summed E-state index contributed by atoms with van der Waals surface area (Å²) < 4.78 is 5.41. The molecule has 1 heterocycles. The first kappa shape index (κ1) is 17.8. The van der Waals surface area contributed by atoms with Gasteiger partial charge >= 0.3 is 0 Å². The van der Waals surface area contributed by atoms with E-state index in [9.17, 15) is 24.8 Å². The molecule has 0 unspecified atom stereocenters. The van der Waals surface area contributed by atoms with Crippen molar-refractivity contribution >= 4 is 23.3 Å². The van der Waals surface area contributed by atoms with Crippen LogP contribution >= 0.6 is 0 Å². The number of quaternary nitrogens is 1. The van der Waals surface area contributed by atoms with Crippen molar-refractivity contribution in [3.63, 3.8) is 0 Å². The average molecular weight is 337 g/mol. The zero-order chi connectivity index (χ0) is 17.5. The fourth-order valence-electron chi connectivity index (χ4n) is 2.52. The minimum Gasteiger partial charge on any atom is -0.544 e. The summed E-state index contributed by atoms with van der Waals surface area (Å²) in [6, 6.07) is 4.41. The number of carbonyl (C=O) groups is 2. The van der Waals surface area contributed by atoms with Crippen LogP contribution in [0, 0.1) is 10.1 Å². The van der Waals surface area contributed by atoms with E-state index < -0.39 is 22.8 Å². The zero-order valence-corrected chi connectivity index (χ0v) is 13.0. The van der Waals surface area contributed by atoms with E-state index in [1.54, 1.807) is 0 Å². The molecule has 0 aliphatic carbocycles. The highest BCUT2D eigenvalue weighted by molar-refractivity contribution is 5.93. The SMILES string of the molecule is O=C(C[C@@H]([NH2+]C[C@H]1CCCO1)C(=O)[O-])Nc1cccc([N+](=O)[O-])c1. The third-order valence-corrected chi connectivity index (χ3v) is 3.76. The van der Waals surface area contributed by atoms with Gasteiger partial charge in [0.1, 0.15) is 18.7 Å². The number of carboxylic acids is 1. The maximum Gasteiger partial charge on any atom is 0.271 e. The number of nitrogens with one attached hydrogen (secondary N) is 1. The van der Waals surface area contributed by atoms with E-state index in [1.165, 1.54) is 29.6 Å². The molecule has 9 heteroatoms. The van der Waals surface area contributed by atoms with Crippen LogP contribution in [0.4, 0.5) is 11.4 Å². The number of nitro benzene ring substituents is 1. The number of nitrogens with two attached hydrogens (primary N) is 1. The third kappa shape index (κ3) is 5.28. The molecule has 2 rings (SSSR count). The van der Waals surface area contributed by atoms with E-state index in [0.29, 0.717) is 13.2 Å². The van der Waals surface area contributed by atoms with Gasteiger partial charge in [-0.05, 0) is 18.9 Å². The highest BCUT2D eigenvalue weighted by Crippen LogP contribution is 2.17. The molecule has 130 valence electrons. The van der Waals surface area contributed by atoms with Gasteiger partial charge in [-0.25, -0.2) is 0 Å². The molecule has 1 fully saturated rings. The molecular weight excluding hydrogens is 318 g/mol. The molecule has 0 aromatic heterocycles. The highest BCUT2D eigenvalue weighted by Gasteiger charge is 2.23. The standard InChI is InChI=1S/C15H19N3O6/c19-14(17-10-3-1-4-11(7-10)18(22)23)8-13(15(20)21)16-9-12-5-2-6-24-12/h1,3-4,7,12-13,16H,2,5-6,8-9H2,(H,17,19)(H,20,21)/t12-,13-/m1/s1. The van der Waals surface area contributed by atoms with Gasteiger partial charge < -0.3 is 25.3 Å². The molecular formula is C15H19N3O6. The summed E-state index contributed by atoms with van der Waals surface area (Å²) in [4.78, 5) is 33.3. The van der Waals surface area contributed by atoms with Gasteiger partial charge in [-0.1, -0.05) is 6.07 Å². The Balaban J connectivity index is 1.88. The molecule has 1 aromatic carbocycles. The monoisotopic (exact) mass is 337 g/mol. The van der Waals surface area contributed by atoms with Crippen molar-refractivity contribution < 1.29 is 29.7 Å². The molecule has 1 aliphatic heterocycles. The molecule has 1 aliphatic rings. The second-order valence-corrected chi connectivity index (χ2v) is 5.59. The first-order chi connectivity index (χ1) is 11.5. The van der Waals surface area contributed by atoms with E-state index in [2.05, 4.69) is 5.32 Å². The second kappa shape index (κ2) is 8.37. The average Bonchev–Trinajstić information content (AvgIpc) is 3.04. The first-order valence-corrected chi connectivity index (χ1v) is 7.66. The van der Waals surface area contributed by atoms with Crippen molar-refractivity contribution in [2.45, 2.75) is 31.4 Å². The lowest BCUT2D eigenvalue weighted by Gasteiger charge is -2.18. The van der Waals surface area contributed by atoms with Crippen LogP contribution in [0.25, 0.3) is 0 Å². The number of carboxylic acid groups (broad SMARTS) is 1. The first-order valence-electron chi connectivity index (χ1n) is 7.66. The van der Waals surface area contributed by atoms with E-state index in [1.807, 2.05) is 0 Å². The lowest BCUT2D eigenvalue weighted by Crippen LogP contribution is -2.94. The summed E-state index contributed by atoms with van der Waals surface area (Å²) in [5, 5.41) is 25.9. The van der Waals surface area contributed by atoms with Gasteiger partial charge in [0.05, 0.1) is 17.3 Å². The number of hydrogen-bond acceptors (Lipinski definition) is 6. The van der Waals surface area contributed by atoms with Crippen molar-refractivity contribution in [2.24, 2.45) is 0 Å². The summed E-state index contributed by atoms with van der Waals surface area (Å²) >= 11 is 0. The van der Waals surface area contributed by atoms with Crippen LogP contribution < -0.4 is 15.7 Å². The fraction of sp³-hybridized carbons (Fsp3) is 0.467. The largest absolute Gasteiger partial charge is 0.544 e. The predicted octanol–water partition coefficient (Wildman–Crippen LogP) is -1.22. The van der Waals surface area contributed by atoms with Crippen LogP contribution in [-0.2, 0) is 14.3 Å². The number of rotatable bonds is 8. The minimum absolute atomic E-state index is 0.00770. The van der Waals surface area contributed by atoms with Crippen LogP contribution in [0.15, 0.2) is 24.3 Å². The molecule has 1 amide bonds. The molecule has 24 heavy (non-hydrogen) atoms.